The summed E-state index contributed by atoms with van der Waals surface area (Å²) in [6.45, 7) is 0. The Morgan fingerprint density at radius 1 is 0.676 bits per heavy atom. The van der Waals surface area contributed by atoms with Gasteiger partial charge in [0.25, 0.3) is 0 Å². The normalized spacial score (nSPS) is 12.7. The number of benzene rings is 3. The van der Waals surface area contributed by atoms with Crippen molar-refractivity contribution in [1.29, 1.82) is 0 Å². The molecule has 0 radical (unpaired) electrons. The van der Waals surface area contributed by atoms with Crippen LogP contribution in [0, 0.1) is 0 Å². The molecule has 3 rings (SSSR count). The Bertz CT molecular complexity index is 1020. The smallest absolute Gasteiger partial charge is 0.508 e. The van der Waals surface area contributed by atoms with Crippen LogP contribution in [-0.4, -0.2) is 10.00 Å². The number of aromatic hydroxyl groups is 1. The maximum Gasteiger partial charge on any atom is 0.564 e. The van der Waals surface area contributed by atoms with E-state index in [4.69, 9.17) is 9.41 Å². The van der Waals surface area contributed by atoms with Crippen LogP contribution >= 0.6 is 7.82 Å². The zero-order valence-corrected chi connectivity index (χ0v) is 20.2. The Hall–Kier alpha value is -2.79. The first-order valence-electron chi connectivity index (χ1n) is 11.8. The molecule has 0 fully saturated rings. The number of para-hydroxylation sites is 1. The van der Waals surface area contributed by atoms with Gasteiger partial charge in [-0.2, -0.15) is 0 Å². The Kier molecular flexibility index (Phi) is 10.5. The van der Waals surface area contributed by atoms with Gasteiger partial charge in [0, 0.05) is 0 Å². The molecule has 0 saturated heterocycles. The van der Waals surface area contributed by atoms with Gasteiger partial charge in [-0.25, -0.2) is 4.57 Å². The van der Waals surface area contributed by atoms with Gasteiger partial charge >= 0.3 is 7.82 Å². The molecule has 1 atom stereocenters. The second-order valence-corrected chi connectivity index (χ2v) is 9.55. The van der Waals surface area contributed by atoms with Gasteiger partial charge in [-0.1, -0.05) is 85.3 Å². The summed E-state index contributed by atoms with van der Waals surface area (Å²) in [5.74, 6) is 0.528. The van der Waals surface area contributed by atoms with E-state index in [1.165, 1.54) is 61.9 Å². The van der Waals surface area contributed by atoms with E-state index < -0.39 is 7.82 Å². The topological polar surface area (TPSA) is 85.2 Å². The van der Waals surface area contributed by atoms with E-state index in [1.54, 1.807) is 12.1 Å². The standard InChI is InChI=1S/C27H33O6P/c28-25-19-21-26(22-20-25)31-33-34(29,30)32-27-18-12-11-17-24(27)16-10-5-3-1-2-4-7-13-23-14-8-6-9-15-23/h6,8-9,11-12,14-15,17-22,28H,1-5,7,10,13,16H2,(H,29,30). The fourth-order valence-corrected chi connectivity index (χ4v) is 4.34. The quantitative estimate of drug-likeness (QED) is 0.101. The maximum absolute atomic E-state index is 12.3. The highest BCUT2D eigenvalue weighted by Gasteiger charge is 2.27. The fourth-order valence-electron chi connectivity index (χ4n) is 3.70. The fraction of sp³-hybridized carbons (Fsp3) is 0.333. The Balaban J connectivity index is 1.33. The molecule has 3 aromatic carbocycles. The highest BCUT2D eigenvalue weighted by Crippen LogP contribution is 2.45. The average molecular weight is 485 g/mol. The predicted octanol–water partition coefficient (Wildman–Crippen LogP) is 7.40. The lowest BCUT2D eigenvalue weighted by Gasteiger charge is -2.15. The summed E-state index contributed by atoms with van der Waals surface area (Å²) in [5.41, 5.74) is 2.26. The summed E-state index contributed by atoms with van der Waals surface area (Å²) < 4.78 is 22.2. The predicted molar refractivity (Wildman–Crippen MR) is 133 cm³/mol. The monoisotopic (exact) mass is 484 g/mol. The lowest BCUT2D eigenvalue weighted by atomic mass is 10.0. The van der Waals surface area contributed by atoms with Gasteiger partial charge < -0.3 is 14.5 Å². The third kappa shape index (κ3) is 9.60. The molecular weight excluding hydrogens is 451 g/mol. The van der Waals surface area contributed by atoms with Crippen LogP contribution in [0.25, 0.3) is 0 Å². The van der Waals surface area contributed by atoms with E-state index in [0.717, 1.165) is 31.2 Å². The Morgan fingerprint density at radius 3 is 1.97 bits per heavy atom. The summed E-state index contributed by atoms with van der Waals surface area (Å²) in [5, 5.41) is 9.28. The summed E-state index contributed by atoms with van der Waals surface area (Å²) in [4.78, 5) is 14.9. The molecule has 0 aliphatic rings. The van der Waals surface area contributed by atoms with E-state index in [1.807, 2.05) is 12.1 Å². The van der Waals surface area contributed by atoms with Crippen LogP contribution in [0.2, 0.25) is 0 Å². The van der Waals surface area contributed by atoms with Crippen molar-refractivity contribution in [3.05, 3.63) is 90.0 Å². The molecule has 0 aliphatic heterocycles. The summed E-state index contributed by atoms with van der Waals surface area (Å²) in [6.07, 6.45) is 10.1. The molecule has 3 aromatic rings. The number of hydrogen-bond acceptors (Lipinski definition) is 5. The molecule has 0 aromatic heterocycles. The van der Waals surface area contributed by atoms with Crippen LogP contribution in [-0.2, 0) is 22.1 Å². The van der Waals surface area contributed by atoms with E-state index in [0.29, 0.717) is 5.75 Å². The number of phenols is 1. The van der Waals surface area contributed by atoms with Gasteiger partial charge in [0.05, 0.1) is 0 Å². The third-order valence-corrected chi connectivity index (χ3v) is 6.20. The molecule has 0 bridgehead atoms. The van der Waals surface area contributed by atoms with Crippen molar-refractivity contribution in [2.45, 2.75) is 57.8 Å². The largest absolute Gasteiger partial charge is 0.564 e. The number of aryl methyl sites for hydroxylation is 2. The number of hydrogen-bond donors (Lipinski definition) is 2. The van der Waals surface area contributed by atoms with Gasteiger partial charge in [-0.05, 0) is 67.1 Å². The molecule has 0 aliphatic carbocycles. The van der Waals surface area contributed by atoms with Crippen molar-refractivity contribution in [3.8, 4) is 17.2 Å². The zero-order chi connectivity index (χ0) is 24.1. The molecule has 0 amide bonds. The second kappa shape index (κ2) is 13.8. The van der Waals surface area contributed by atoms with Crippen LogP contribution in [0.3, 0.4) is 0 Å². The molecule has 1 unspecified atom stereocenters. The van der Waals surface area contributed by atoms with Crippen LogP contribution in [0.15, 0.2) is 78.9 Å². The Labute approximate surface area is 201 Å². The molecular formula is C27H33O6P. The number of phosphoric acid groups is 1. The molecule has 7 heteroatoms. The lowest BCUT2D eigenvalue weighted by Crippen LogP contribution is -2.02. The highest BCUT2D eigenvalue weighted by molar-refractivity contribution is 7.47. The van der Waals surface area contributed by atoms with E-state index >= 15 is 0 Å². The lowest BCUT2D eigenvalue weighted by molar-refractivity contribution is -0.120. The van der Waals surface area contributed by atoms with E-state index in [9.17, 15) is 14.6 Å². The first-order chi connectivity index (χ1) is 16.5. The van der Waals surface area contributed by atoms with Crippen molar-refractivity contribution in [2.24, 2.45) is 0 Å². The maximum atomic E-state index is 12.3. The molecule has 6 nitrogen and oxygen atoms in total. The number of rotatable bonds is 15. The van der Waals surface area contributed by atoms with Crippen molar-refractivity contribution in [3.63, 3.8) is 0 Å². The molecule has 0 heterocycles. The first-order valence-corrected chi connectivity index (χ1v) is 13.3. The molecule has 34 heavy (non-hydrogen) atoms. The van der Waals surface area contributed by atoms with Gasteiger partial charge in [0.2, 0.25) is 0 Å². The van der Waals surface area contributed by atoms with Crippen molar-refractivity contribution < 1.29 is 28.7 Å². The van der Waals surface area contributed by atoms with Crippen LogP contribution in [0.1, 0.15) is 56.1 Å². The highest BCUT2D eigenvalue weighted by atomic mass is 31.2. The van der Waals surface area contributed by atoms with E-state index in [-0.39, 0.29) is 11.5 Å². The third-order valence-electron chi connectivity index (χ3n) is 5.51. The van der Waals surface area contributed by atoms with Crippen LogP contribution in [0.5, 0.6) is 17.2 Å². The molecule has 0 saturated carbocycles. The molecule has 182 valence electrons. The van der Waals surface area contributed by atoms with Crippen molar-refractivity contribution in [2.75, 3.05) is 0 Å². The average Bonchev–Trinajstić information content (AvgIpc) is 2.84. The van der Waals surface area contributed by atoms with Gasteiger partial charge in [0.1, 0.15) is 11.5 Å². The minimum Gasteiger partial charge on any atom is -0.508 e. The van der Waals surface area contributed by atoms with Crippen LogP contribution < -0.4 is 9.41 Å². The molecule has 0 spiro atoms. The van der Waals surface area contributed by atoms with Gasteiger partial charge in [0.15, 0.2) is 5.75 Å². The Morgan fingerprint density at radius 2 is 1.26 bits per heavy atom. The minimum atomic E-state index is -4.49. The SMILES string of the molecule is O=P(O)(OOc1ccc(O)cc1)Oc1ccccc1CCCCCCCCCc1ccccc1. The number of unbranched alkanes of at least 4 members (excludes halogenated alkanes) is 6. The van der Waals surface area contributed by atoms with Crippen molar-refractivity contribution in [1.82, 2.24) is 0 Å². The summed E-state index contributed by atoms with van der Waals surface area (Å²) in [7, 11) is -4.49. The van der Waals surface area contributed by atoms with E-state index in [2.05, 4.69) is 35.0 Å². The van der Waals surface area contributed by atoms with Crippen LogP contribution in [0.4, 0.5) is 0 Å². The minimum absolute atomic E-state index is 0.0489. The summed E-state index contributed by atoms with van der Waals surface area (Å²) in [6, 6.07) is 23.3. The van der Waals surface area contributed by atoms with Gasteiger partial charge in [-0.3, -0.25) is 4.89 Å². The van der Waals surface area contributed by atoms with Crippen molar-refractivity contribution >= 4 is 7.82 Å². The zero-order valence-electron chi connectivity index (χ0n) is 19.3. The number of phosphoric ester groups is 1. The number of phenolic OH excluding ortho intramolecular Hbond substituents is 1. The first kappa shape index (κ1) is 25.8. The second-order valence-electron chi connectivity index (χ2n) is 8.28. The summed E-state index contributed by atoms with van der Waals surface area (Å²) >= 11 is 0. The molecule has 2 N–H and O–H groups in total. The van der Waals surface area contributed by atoms with Gasteiger partial charge in [-0.15, -0.1) is 0 Å².